The zero-order valence-electron chi connectivity index (χ0n) is 32.5. The SMILES string of the molecule is [2H]C1=C(C([2H])([2H])[2H])C([2H])([2H])C([2H])([2H])[C@@]2([2H])C(C([2H])([2H])[2H])(C([2H])([2H])[2H])Oc3c([2H])c(C([2H])([2H])CCCC)c([2H])c(O)c3[C@]12[2H]. The van der Waals surface area contributed by atoms with Gasteiger partial charge in [-0.3, -0.25) is 0 Å². The van der Waals surface area contributed by atoms with Gasteiger partial charge >= 0.3 is 0 Å². The second-order valence-electron chi connectivity index (χ2n) is 5.24. The van der Waals surface area contributed by atoms with Crippen LogP contribution in [0.5, 0.6) is 11.5 Å². The van der Waals surface area contributed by atoms with Crippen molar-refractivity contribution in [1.29, 1.82) is 0 Å². The minimum atomic E-state index is -4.36. The van der Waals surface area contributed by atoms with Gasteiger partial charge in [-0.1, -0.05) is 31.4 Å². The lowest BCUT2D eigenvalue weighted by atomic mass is 9.68. The van der Waals surface area contributed by atoms with Crippen LogP contribution in [0.15, 0.2) is 23.7 Å². The van der Waals surface area contributed by atoms with Gasteiger partial charge in [-0.15, -0.1) is 0 Å². The van der Waals surface area contributed by atoms with Gasteiger partial charge in [0.2, 0.25) is 0 Å². The molecular formula is C21H30O2. The number of hydrogen-bond donors (Lipinski definition) is 1. The Morgan fingerprint density at radius 1 is 1.52 bits per heavy atom. The standard InChI is InChI=1S/C21H30O2/c1-5-6-7-8-15-12-18(22)20-16-11-14(2)9-10-17(16)21(3,4)23-19(20)13-15/h11-13,16-17,22H,5-10H2,1-4H3/t16-,17-/m1/s1/i2D3,3D3,4D3,8D2,9D2,10D2,11D,12D,13D,16D,17D. The highest BCUT2D eigenvalue weighted by molar-refractivity contribution is 5.53. The van der Waals surface area contributed by atoms with Gasteiger partial charge in [0.15, 0.2) is 0 Å². The molecule has 2 nitrogen and oxygen atoms in total. The minimum Gasteiger partial charge on any atom is -0.507 e. The lowest BCUT2D eigenvalue weighted by Crippen LogP contribution is -2.45. The van der Waals surface area contributed by atoms with Crippen molar-refractivity contribution in [2.45, 2.75) is 77.4 Å². The van der Waals surface area contributed by atoms with E-state index in [-0.39, 0.29) is 12.8 Å². The van der Waals surface area contributed by atoms with E-state index >= 15 is 0 Å². The predicted octanol–water partition coefficient (Wildman–Crippen LogP) is 5.74. The number of benzene rings is 1. The topological polar surface area (TPSA) is 29.5 Å². The average molecular weight is 335 g/mol. The summed E-state index contributed by atoms with van der Waals surface area (Å²) < 4.78 is 174. The van der Waals surface area contributed by atoms with Gasteiger partial charge in [0.25, 0.3) is 0 Å². The van der Waals surface area contributed by atoms with Crippen molar-refractivity contribution < 1.29 is 37.3 Å². The molecule has 1 aromatic rings. The molecule has 1 heterocycles. The summed E-state index contributed by atoms with van der Waals surface area (Å²) in [6.07, 6.45) is -10.7. The number of phenols is 1. The summed E-state index contributed by atoms with van der Waals surface area (Å²) in [4.78, 5) is 0. The van der Waals surface area contributed by atoms with Crippen LogP contribution in [0.2, 0.25) is 0 Å². The molecule has 0 bridgehead atoms. The number of rotatable bonds is 4. The molecule has 0 saturated carbocycles. The Balaban J connectivity index is 2.84. The molecule has 2 atom stereocenters. The number of allylic oxidation sites excluding steroid dienone is 2. The van der Waals surface area contributed by atoms with Gasteiger partial charge in [0.1, 0.15) is 17.1 Å². The van der Waals surface area contributed by atoms with Crippen LogP contribution >= 0.6 is 0 Å². The highest BCUT2D eigenvalue weighted by Gasteiger charge is 2.45. The van der Waals surface area contributed by atoms with E-state index in [4.69, 9.17) is 29.4 Å². The normalized spacial score (nSPS) is 51.3. The molecule has 2 heteroatoms. The van der Waals surface area contributed by atoms with Crippen molar-refractivity contribution >= 4 is 0 Å². The molecule has 0 aromatic heterocycles. The Morgan fingerprint density at radius 2 is 2.39 bits per heavy atom. The van der Waals surface area contributed by atoms with Crippen molar-refractivity contribution in [3.63, 3.8) is 0 Å². The molecule has 23 heavy (non-hydrogen) atoms. The first-order valence-electron chi connectivity index (χ1n) is 17.2. The molecule has 0 saturated heterocycles. The fraction of sp³-hybridized carbons (Fsp3) is 0.619. The molecule has 0 amide bonds. The van der Waals surface area contributed by atoms with Crippen LogP contribution in [0.4, 0.5) is 0 Å². The van der Waals surface area contributed by atoms with Gasteiger partial charge in [-0.25, -0.2) is 0 Å². The molecule has 1 aliphatic carbocycles. The van der Waals surface area contributed by atoms with Gasteiger partial charge in [0.05, 0.1) is 4.11 Å². The van der Waals surface area contributed by atoms with Crippen molar-refractivity contribution in [2.24, 2.45) is 5.89 Å². The third-order valence-electron chi connectivity index (χ3n) is 3.45. The Labute approximate surface area is 168 Å². The maximum Gasteiger partial charge on any atom is 0.127 e. The van der Waals surface area contributed by atoms with Gasteiger partial charge in [0, 0.05) is 40.7 Å². The molecular weight excluding hydrogens is 284 g/mol. The van der Waals surface area contributed by atoms with E-state index in [1.54, 1.807) is 6.92 Å². The van der Waals surface area contributed by atoms with E-state index in [0.29, 0.717) is 6.42 Å². The smallest absolute Gasteiger partial charge is 0.127 e. The lowest BCUT2D eigenvalue weighted by molar-refractivity contribution is 0.0107. The van der Waals surface area contributed by atoms with Crippen molar-refractivity contribution in [2.75, 3.05) is 0 Å². The second-order valence-corrected chi connectivity index (χ2v) is 5.24. The molecule has 1 N–H and O–H groups in total. The van der Waals surface area contributed by atoms with Crippen LogP contribution in [0.3, 0.4) is 0 Å². The average Bonchev–Trinajstić information content (AvgIpc) is 2.79. The van der Waals surface area contributed by atoms with Crippen molar-refractivity contribution in [3.05, 3.63) is 34.8 Å². The van der Waals surface area contributed by atoms with E-state index < -0.39 is 103 Å². The molecule has 0 radical (unpaired) electrons. The van der Waals surface area contributed by atoms with Crippen LogP contribution in [-0.4, -0.2) is 10.7 Å². The monoisotopic (exact) mass is 334 g/mol. The molecule has 1 aromatic carbocycles. The summed E-state index contributed by atoms with van der Waals surface area (Å²) >= 11 is 0. The van der Waals surface area contributed by atoms with Crippen molar-refractivity contribution in [1.82, 2.24) is 0 Å². The van der Waals surface area contributed by atoms with Gasteiger partial charge in [-0.05, 0) is 63.7 Å². The fourth-order valence-electron chi connectivity index (χ4n) is 2.34. The summed E-state index contributed by atoms with van der Waals surface area (Å²) in [6, 6.07) is -4.27. The summed E-state index contributed by atoms with van der Waals surface area (Å²) in [5.74, 6) is -11.2. The highest BCUT2D eigenvalue weighted by atomic mass is 16.5. The molecule has 1 aliphatic heterocycles. The fourth-order valence-corrected chi connectivity index (χ4v) is 2.34. The zero-order chi connectivity index (χ0) is 33.9. The van der Waals surface area contributed by atoms with E-state index in [2.05, 4.69) is 0 Å². The second kappa shape index (κ2) is 6.22. The van der Waals surface area contributed by atoms with Crippen LogP contribution in [0.1, 0.15) is 104 Å². The van der Waals surface area contributed by atoms with Crippen LogP contribution < -0.4 is 4.74 Å². The maximum absolute atomic E-state index is 11.3. The largest absolute Gasteiger partial charge is 0.507 e. The number of aromatic hydroxyl groups is 1. The third kappa shape index (κ3) is 3.13. The Morgan fingerprint density at radius 3 is 3.13 bits per heavy atom. The van der Waals surface area contributed by atoms with Gasteiger partial charge < -0.3 is 9.84 Å². The Bertz CT molecular complexity index is 1340. The molecule has 126 valence electrons. The summed E-state index contributed by atoms with van der Waals surface area (Å²) in [5.41, 5.74) is -8.39. The number of phenolic OH excluding ortho intramolecular Hbond substituents is 1. The predicted molar refractivity (Wildman–Crippen MR) is 95.3 cm³/mol. The van der Waals surface area contributed by atoms with Gasteiger partial charge in [-0.2, -0.15) is 0 Å². The van der Waals surface area contributed by atoms with E-state index in [1.807, 2.05) is 0 Å². The first-order valence-corrected chi connectivity index (χ1v) is 7.19. The summed E-state index contributed by atoms with van der Waals surface area (Å²) in [6.45, 7) is -10.4. The Hall–Kier alpha value is -1.44. The Kier molecular flexibility index (Phi) is 1.30. The highest BCUT2D eigenvalue weighted by Crippen LogP contribution is 2.53. The number of fused-ring (bicyclic) bond motifs is 3. The van der Waals surface area contributed by atoms with Crippen LogP contribution in [0, 0.1) is 5.89 Å². The van der Waals surface area contributed by atoms with E-state index in [0.717, 1.165) is 0 Å². The van der Waals surface area contributed by atoms with E-state index in [9.17, 15) is 7.85 Å². The first kappa shape index (κ1) is 4.80. The first-order chi connectivity index (χ1) is 18.9. The van der Waals surface area contributed by atoms with Crippen LogP contribution in [0.25, 0.3) is 0 Å². The van der Waals surface area contributed by atoms with Crippen molar-refractivity contribution in [3.8, 4) is 11.5 Å². The zero-order valence-corrected chi connectivity index (χ0v) is 12.5. The van der Waals surface area contributed by atoms with Crippen LogP contribution in [-0.2, 0) is 6.37 Å². The summed E-state index contributed by atoms with van der Waals surface area (Å²) in [5, 5.41) is 11.3. The quantitative estimate of drug-likeness (QED) is 0.712. The van der Waals surface area contributed by atoms with E-state index in [1.165, 1.54) is 0 Å². The molecule has 2 aliphatic rings. The maximum atomic E-state index is 11.3. The number of ether oxygens (including phenoxy) is 1. The molecule has 0 fully saturated rings. The summed E-state index contributed by atoms with van der Waals surface area (Å²) in [7, 11) is 0. The molecule has 3 rings (SSSR count). The number of unbranched alkanes of at least 4 members (excludes halogenated alkanes) is 1. The minimum absolute atomic E-state index is 0.189. The lowest BCUT2D eigenvalue weighted by Gasteiger charge is -2.46. The number of hydrogen-bond acceptors (Lipinski definition) is 2. The third-order valence-corrected chi connectivity index (χ3v) is 3.45. The molecule has 0 spiro atoms. The molecule has 0 unspecified atom stereocenters.